The average molecular weight is 267 g/mol. The van der Waals surface area contributed by atoms with E-state index in [0.717, 1.165) is 17.8 Å². The fraction of sp³-hybridized carbons (Fsp3) is 0.188. The summed E-state index contributed by atoms with van der Waals surface area (Å²) in [6.45, 7) is 1.46. The molecule has 1 heterocycles. The van der Waals surface area contributed by atoms with Crippen LogP contribution in [0.2, 0.25) is 0 Å². The Morgan fingerprint density at radius 3 is 2.45 bits per heavy atom. The van der Waals surface area contributed by atoms with Crippen LogP contribution in [0.25, 0.3) is 0 Å². The summed E-state index contributed by atoms with van der Waals surface area (Å²) in [6, 6.07) is 18.4. The Morgan fingerprint density at radius 2 is 1.80 bits per heavy atom. The van der Waals surface area contributed by atoms with Gasteiger partial charge in [-0.25, -0.2) is 4.79 Å². The van der Waals surface area contributed by atoms with E-state index in [1.807, 2.05) is 42.5 Å². The molecule has 3 N–H and O–H groups in total. The number of nitrogens with one attached hydrogen (secondary N) is 3. The molecule has 0 unspecified atom stereocenters. The van der Waals surface area contributed by atoms with Crippen molar-refractivity contribution >= 4 is 11.7 Å². The first kappa shape index (κ1) is 12.5. The predicted octanol–water partition coefficient (Wildman–Crippen LogP) is 2.65. The van der Waals surface area contributed by atoms with Gasteiger partial charge in [0.1, 0.15) is 0 Å². The summed E-state index contributed by atoms with van der Waals surface area (Å²) in [5, 5.41) is 9.03. The van der Waals surface area contributed by atoms with Crippen LogP contribution in [-0.4, -0.2) is 12.6 Å². The standard InChI is InChI=1S/C16H17N3O/c20-16-18-11-15(19-16)13-6-8-14(9-7-13)17-10-12-4-2-1-3-5-12/h1-9,15,17H,10-11H2,(H2,18,19,20)/t15-/m1/s1. The van der Waals surface area contributed by atoms with Crippen molar-refractivity contribution in [1.82, 2.24) is 10.6 Å². The monoisotopic (exact) mass is 267 g/mol. The zero-order valence-electron chi connectivity index (χ0n) is 11.1. The largest absolute Gasteiger partial charge is 0.381 e. The zero-order valence-corrected chi connectivity index (χ0v) is 11.1. The number of carbonyl (C=O) groups is 1. The van der Waals surface area contributed by atoms with E-state index in [9.17, 15) is 4.79 Å². The molecule has 3 rings (SSSR count). The van der Waals surface area contributed by atoms with E-state index in [1.54, 1.807) is 0 Å². The van der Waals surface area contributed by atoms with Gasteiger partial charge in [0.15, 0.2) is 0 Å². The van der Waals surface area contributed by atoms with Crippen LogP contribution >= 0.6 is 0 Å². The molecule has 0 bridgehead atoms. The highest BCUT2D eigenvalue weighted by molar-refractivity contribution is 5.76. The highest BCUT2D eigenvalue weighted by atomic mass is 16.2. The third-order valence-electron chi connectivity index (χ3n) is 3.42. The maximum Gasteiger partial charge on any atom is 0.315 e. The van der Waals surface area contributed by atoms with Gasteiger partial charge in [0, 0.05) is 18.8 Å². The Balaban J connectivity index is 1.60. The molecule has 1 saturated heterocycles. The summed E-state index contributed by atoms with van der Waals surface area (Å²) in [5.74, 6) is 0. The number of carbonyl (C=O) groups excluding carboxylic acids is 1. The number of hydrogen-bond donors (Lipinski definition) is 3. The molecular weight excluding hydrogens is 250 g/mol. The molecule has 0 saturated carbocycles. The zero-order chi connectivity index (χ0) is 13.8. The third-order valence-corrected chi connectivity index (χ3v) is 3.42. The van der Waals surface area contributed by atoms with Crippen molar-refractivity contribution in [1.29, 1.82) is 0 Å². The van der Waals surface area contributed by atoms with Gasteiger partial charge in [-0.1, -0.05) is 42.5 Å². The Morgan fingerprint density at radius 1 is 1.05 bits per heavy atom. The highest BCUT2D eigenvalue weighted by Gasteiger charge is 2.20. The second-order valence-electron chi connectivity index (χ2n) is 4.87. The summed E-state index contributed by atoms with van der Waals surface area (Å²) in [5.41, 5.74) is 3.45. The average Bonchev–Trinajstić information content (AvgIpc) is 2.93. The van der Waals surface area contributed by atoms with Gasteiger partial charge < -0.3 is 16.0 Å². The van der Waals surface area contributed by atoms with Gasteiger partial charge in [0.25, 0.3) is 0 Å². The van der Waals surface area contributed by atoms with Crippen molar-refractivity contribution < 1.29 is 4.79 Å². The predicted molar refractivity (Wildman–Crippen MR) is 79.5 cm³/mol. The van der Waals surface area contributed by atoms with Crippen LogP contribution in [0.3, 0.4) is 0 Å². The van der Waals surface area contributed by atoms with Gasteiger partial charge in [-0.15, -0.1) is 0 Å². The summed E-state index contributed by atoms with van der Waals surface area (Å²) < 4.78 is 0. The number of hydrogen-bond acceptors (Lipinski definition) is 2. The van der Waals surface area contributed by atoms with Crippen LogP contribution in [-0.2, 0) is 6.54 Å². The number of anilines is 1. The van der Waals surface area contributed by atoms with E-state index in [4.69, 9.17) is 0 Å². The second kappa shape index (κ2) is 5.65. The minimum atomic E-state index is -0.0960. The molecule has 1 aliphatic heterocycles. The smallest absolute Gasteiger partial charge is 0.315 e. The van der Waals surface area contributed by atoms with E-state index in [-0.39, 0.29) is 12.1 Å². The molecule has 2 amide bonds. The SMILES string of the molecule is O=C1NC[C@H](c2ccc(NCc3ccccc3)cc2)N1. The van der Waals surface area contributed by atoms with Crippen LogP contribution in [0, 0.1) is 0 Å². The maximum atomic E-state index is 11.1. The van der Waals surface area contributed by atoms with Crippen LogP contribution in [0.4, 0.5) is 10.5 Å². The van der Waals surface area contributed by atoms with Crippen molar-refractivity contribution in [3.8, 4) is 0 Å². The molecule has 102 valence electrons. The lowest BCUT2D eigenvalue weighted by Crippen LogP contribution is -2.21. The Hall–Kier alpha value is -2.49. The molecule has 4 heteroatoms. The van der Waals surface area contributed by atoms with Gasteiger partial charge in [-0.2, -0.15) is 0 Å². The van der Waals surface area contributed by atoms with Crippen LogP contribution in [0.15, 0.2) is 54.6 Å². The molecule has 2 aromatic carbocycles. The van der Waals surface area contributed by atoms with Crippen molar-refractivity contribution in [2.75, 3.05) is 11.9 Å². The quantitative estimate of drug-likeness (QED) is 0.797. The first-order valence-corrected chi connectivity index (χ1v) is 6.73. The minimum Gasteiger partial charge on any atom is -0.381 e. The lowest BCUT2D eigenvalue weighted by atomic mass is 10.1. The molecule has 2 aromatic rings. The van der Waals surface area contributed by atoms with E-state index in [2.05, 4.69) is 28.1 Å². The molecule has 0 radical (unpaired) electrons. The van der Waals surface area contributed by atoms with Gasteiger partial charge in [-0.3, -0.25) is 0 Å². The lowest BCUT2D eigenvalue weighted by molar-refractivity contribution is 0.247. The summed E-state index contributed by atoms with van der Waals surface area (Å²) in [4.78, 5) is 11.1. The molecule has 0 aromatic heterocycles. The Kier molecular flexibility index (Phi) is 3.54. The summed E-state index contributed by atoms with van der Waals surface area (Å²) in [7, 11) is 0. The van der Waals surface area contributed by atoms with Crippen LogP contribution in [0.1, 0.15) is 17.2 Å². The second-order valence-corrected chi connectivity index (χ2v) is 4.87. The van der Waals surface area contributed by atoms with Crippen molar-refractivity contribution in [3.63, 3.8) is 0 Å². The normalized spacial score (nSPS) is 17.4. The third kappa shape index (κ3) is 2.91. The molecule has 1 fully saturated rings. The number of rotatable bonds is 4. The number of urea groups is 1. The van der Waals surface area contributed by atoms with Gasteiger partial charge in [0.05, 0.1) is 6.04 Å². The van der Waals surface area contributed by atoms with Gasteiger partial charge >= 0.3 is 6.03 Å². The Bertz CT molecular complexity index is 580. The van der Waals surface area contributed by atoms with E-state index < -0.39 is 0 Å². The van der Waals surface area contributed by atoms with E-state index >= 15 is 0 Å². The molecule has 0 spiro atoms. The minimum absolute atomic E-state index is 0.0747. The number of amides is 2. The maximum absolute atomic E-state index is 11.1. The molecular formula is C16H17N3O. The van der Waals surface area contributed by atoms with E-state index in [1.165, 1.54) is 5.56 Å². The van der Waals surface area contributed by atoms with Crippen LogP contribution < -0.4 is 16.0 Å². The van der Waals surface area contributed by atoms with Crippen molar-refractivity contribution in [2.24, 2.45) is 0 Å². The molecule has 0 aliphatic carbocycles. The number of benzene rings is 2. The van der Waals surface area contributed by atoms with Gasteiger partial charge in [-0.05, 0) is 23.3 Å². The fourth-order valence-corrected chi connectivity index (χ4v) is 2.29. The first-order chi connectivity index (χ1) is 9.81. The molecule has 1 aliphatic rings. The van der Waals surface area contributed by atoms with Crippen molar-refractivity contribution in [3.05, 3.63) is 65.7 Å². The fourth-order valence-electron chi connectivity index (χ4n) is 2.29. The van der Waals surface area contributed by atoms with Crippen molar-refractivity contribution in [2.45, 2.75) is 12.6 Å². The Labute approximate surface area is 118 Å². The van der Waals surface area contributed by atoms with E-state index in [0.29, 0.717) is 6.54 Å². The summed E-state index contributed by atoms with van der Waals surface area (Å²) in [6.07, 6.45) is 0. The topological polar surface area (TPSA) is 53.2 Å². The highest BCUT2D eigenvalue weighted by Crippen LogP contribution is 2.18. The van der Waals surface area contributed by atoms with Gasteiger partial charge in [0.2, 0.25) is 0 Å². The molecule has 1 atom stereocenters. The molecule has 20 heavy (non-hydrogen) atoms. The molecule has 4 nitrogen and oxygen atoms in total. The van der Waals surface area contributed by atoms with Crippen LogP contribution in [0.5, 0.6) is 0 Å². The lowest BCUT2D eigenvalue weighted by Gasteiger charge is -2.11. The first-order valence-electron chi connectivity index (χ1n) is 6.73. The summed E-state index contributed by atoms with van der Waals surface area (Å²) >= 11 is 0.